The standard InChI is InChI=1S/C24H23Cl2N5O5S2/c25-17-10-18(26)12-20(11-17)38(35,36)31(15-24(32)33)19-1-2-21-16(9-19)3-4-30(21)23-14-27-22(13-28-23)29-5-7-37(34)8-6-29/h1-4,9-11,13-14,20H,5-8,12,15H2,(H,32,33). The van der Waals surface area contributed by atoms with Crippen LogP contribution in [-0.4, -0.2) is 75.0 Å². The number of carboxylic acids is 1. The van der Waals surface area contributed by atoms with Crippen LogP contribution in [0.5, 0.6) is 0 Å². The molecule has 1 aliphatic heterocycles. The van der Waals surface area contributed by atoms with Gasteiger partial charge in [0.25, 0.3) is 0 Å². The van der Waals surface area contributed by atoms with Crippen LogP contribution in [0.1, 0.15) is 6.42 Å². The molecule has 1 unspecified atom stereocenters. The number of benzene rings is 1. The molecule has 38 heavy (non-hydrogen) atoms. The highest BCUT2D eigenvalue weighted by Gasteiger charge is 2.34. The number of anilines is 2. The molecule has 1 aliphatic carbocycles. The number of halogens is 2. The summed E-state index contributed by atoms with van der Waals surface area (Å²) in [7, 11) is -4.16. The number of hydrogen-bond acceptors (Lipinski definition) is 7. The van der Waals surface area contributed by atoms with E-state index >= 15 is 0 Å². The second-order valence-electron chi connectivity index (χ2n) is 8.83. The average Bonchev–Trinajstić information content (AvgIpc) is 3.30. The van der Waals surface area contributed by atoms with Gasteiger partial charge in [-0.15, -0.1) is 0 Å². The summed E-state index contributed by atoms with van der Waals surface area (Å²) in [5.74, 6) is 1.20. The minimum Gasteiger partial charge on any atom is -0.616 e. The second kappa shape index (κ2) is 10.8. The smallest absolute Gasteiger partial charge is 0.324 e. The van der Waals surface area contributed by atoms with E-state index in [1.807, 2.05) is 9.47 Å². The van der Waals surface area contributed by atoms with Crippen LogP contribution in [-0.2, 0) is 26.0 Å². The summed E-state index contributed by atoms with van der Waals surface area (Å²) in [5.41, 5.74) is 0.945. The van der Waals surface area contributed by atoms with Crippen molar-refractivity contribution >= 4 is 72.8 Å². The topological polar surface area (TPSA) is 132 Å². The molecule has 2 aromatic heterocycles. The van der Waals surface area contributed by atoms with Gasteiger partial charge in [-0.3, -0.25) is 13.7 Å². The Bertz CT molecular complexity index is 1530. The minimum atomic E-state index is -4.16. The maximum Gasteiger partial charge on any atom is 0.324 e. The Morgan fingerprint density at radius 2 is 1.87 bits per heavy atom. The lowest BCUT2D eigenvalue weighted by Gasteiger charge is -2.28. The molecule has 1 fully saturated rings. The summed E-state index contributed by atoms with van der Waals surface area (Å²) in [6, 6.07) is 6.67. The molecule has 1 atom stereocenters. The van der Waals surface area contributed by atoms with Crippen LogP contribution in [0.3, 0.4) is 0 Å². The van der Waals surface area contributed by atoms with Gasteiger partial charge in [0.2, 0.25) is 10.0 Å². The van der Waals surface area contributed by atoms with E-state index in [4.69, 9.17) is 23.2 Å². The zero-order chi connectivity index (χ0) is 27.0. The SMILES string of the molecule is O=C(O)CN(c1ccc2c(ccn2-c2cnc(N3CC[S+]([O-])CC3)cn2)c1)S(=O)(=O)C1C=C(Cl)C=C(Cl)C1. The summed E-state index contributed by atoms with van der Waals surface area (Å²) in [4.78, 5) is 22.7. The van der Waals surface area contributed by atoms with Crippen LogP contribution in [0.15, 0.2) is 65.1 Å². The first kappa shape index (κ1) is 26.8. The number of aliphatic carboxylic acids is 1. The molecule has 200 valence electrons. The predicted octanol–water partition coefficient (Wildman–Crippen LogP) is 3.23. The third kappa shape index (κ3) is 5.50. The number of sulfonamides is 1. The molecular weight excluding hydrogens is 573 g/mol. The van der Waals surface area contributed by atoms with E-state index in [2.05, 4.69) is 9.97 Å². The molecule has 1 N–H and O–H groups in total. The highest BCUT2D eigenvalue weighted by molar-refractivity contribution is 7.93. The molecule has 2 aliphatic rings. The normalized spacial score (nSPS) is 18.8. The van der Waals surface area contributed by atoms with E-state index in [1.54, 1.807) is 42.9 Å². The average molecular weight is 597 g/mol. The van der Waals surface area contributed by atoms with E-state index < -0.39 is 39.0 Å². The molecule has 0 radical (unpaired) electrons. The van der Waals surface area contributed by atoms with Crippen molar-refractivity contribution in [3.63, 3.8) is 0 Å². The van der Waals surface area contributed by atoms with Gasteiger partial charge in [-0.1, -0.05) is 34.4 Å². The lowest BCUT2D eigenvalue weighted by Crippen LogP contribution is -2.41. The van der Waals surface area contributed by atoms with Gasteiger partial charge in [-0.25, -0.2) is 18.4 Å². The van der Waals surface area contributed by atoms with Crippen molar-refractivity contribution in [1.29, 1.82) is 0 Å². The second-order valence-corrected chi connectivity index (χ2v) is 13.5. The van der Waals surface area contributed by atoms with Crippen molar-refractivity contribution < 1.29 is 22.9 Å². The number of hydrogen-bond donors (Lipinski definition) is 1. The molecular formula is C24H23Cl2N5O5S2. The van der Waals surface area contributed by atoms with Crippen molar-refractivity contribution in [2.45, 2.75) is 11.7 Å². The first-order valence-electron chi connectivity index (χ1n) is 11.6. The van der Waals surface area contributed by atoms with Gasteiger partial charge in [0, 0.05) is 28.1 Å². The van der Waals surface area contributed by atoms with E-state index in [-0.39, 0.29) is 22.2 Å². The zero-order valence-electron chi connectivity index (χ0n) is 19.9. The quantitative estimate of drug-likeness (QED) is 0.412. The Kier molecular flexibility index (Phi) is 7.60. The number of aromatic nitrogens is 3. The van der Waals surface area contributed by atoms with Crippen LogP contribution in [0.2, 0.25) is 0 Å². The molecule has 14 heteroatoms. The molecule has 0 spiro atoms. The number of allylic oxidation sites excluding steroid dienone is 3. The summed E-state index contributed by atoms with van der Waals surface area (Å²) in [6.45, 7) is 0.572. The Hall–Kier alpha value is -2.77. The van der Waals surface area contributed by atoms with Crippen LogP contribution >= 0.6 is 23.2 Å². The van der Waals surface area contributed by atoms with Crippen molar-refractivity contribution in [2.24, 2.45) is 0 Å². The third-order valence-electron chi connectivity index (χ3n) is 6.34. The number of fused-ring (bicyclic) bond motifs is 1. The maximum atomic E-state index is 13.5. The Balaban J connectivity index is 1.44. The number of carbonyl (C=O) groups is 1. The fourth-order valence-electron chi connectivity index (χ4n) is 4.45. The van der Waals surface area contributed by atoms with Gasteiger partial charge < -0.3 is 14.6 Å². The fourth-order valence-corrected chi connectivity index (χ4v) is 8.02. The summed E-state index contributed by atoms with van der Waals surface area (Å²) < 4.78 is 41.3. The Morgan fingerprint density at radius 1 is 1.16 bits per heavy atom. The van der Waals surface area contributed by atoms with Gasteiger partial charge in [-0.2, -0.15) is 0 Å². The van der Waals surface area contributed by atoms with Crippen LogP contribution in [0.4, 0.5) is 11.5 Å². The number of rotatable bonds is 7. The van der Waals surface area contributed by atoms with E-state index in [0.29, 0.717) is 41.6 Å². The van der Waals surface area contributed by atoms with E-state index in [9.17, 15) is 22.9 Å². The van der Waals surface area contributed by atoms with Crippen molar-refractivity contribution in [1.82, 2.24) is 14.5 Å². The van der Waals surface area contributed by atoms with Crippen LogP contribution in [0, 0.1) is 0 Å². The number of nitrogens with zero attached hydrogens (tertiary/aromatic N) is 5. The lowest BCUT2D eigenvalue weighted by atomic mass is 10.2. The van der Waals surface area contributed by atoms with Gasteiger partial charge in [-0.05, 0) is 36.4 Å². The largest absolute Gasteiger partial charge is 0.616 e. The summed E-state index contributed by atoms with van der Waals surface area (Å²) in [6.07, 6.45) is 7.93. The molecule has 0 bridgehead atoms. The zero-order valence-corrected chi connectivity index (χ0v) is 23.0. The highest BCUT2D eigenvalue weighted by atomic mass is 35.5. The van der Waals surface area contributed by atoms with Gasteiger partial charge >= 0.3 is 5.97 Å². The van der Waals surface area contributed by atoms with Crippen molar-refractivity contribution in [3.8, 4) is 5.82 Å². The molecule has 0 amide bonds. The van der Waals surface area contributed by atoms with Gasteiger partial charge in [0.1, 0.15) is 29.1 Å². The van der Waals surface area contributed by atoms with Gasteiger partial charge in [0.15, 0.2) is 5.82 Å². The molecule has 10 nitrogen and oxygen atoms in total. The van der Waals surface area contributed by atoms with Crippen LogP contribution < -0.4 is 9.21 Å². The predicted molar refractivity (Wildman–Crippen MR) is 149 cm³/mol. The third-order valence-corrected chi connectivity index (χ3v) is 10.1. The van der Waals surface area contributed by atoms with E-state index in [0.717, 1.165) is 9.82 Å². The number of carboxylic acid groups (broad SMARTS) is 1. The fraction of sp³-hybridized carbons (Fsp3) is 0.292. The molecule has 3 heterocycles. The van der Waals surface area contributed by atoms with Gasteiger partial charge in [0.05, 0.1) is 36.7 Å². The lowest BCUT2D eigenvalue weighted by molar-refractivity contribution is -0.135. The molecule has 1 saturated heterocycles. The maximum absolute atomic E-state index is 13.5. The minimum absolute atomic E-state index is 0.00119. The highest BCUT2D eigenvalue weighted by Crippen LogP contribution is 2.33. The molecule has 3 aromatic rings. The first-order valence-corrected chi connectivity index (χ1v) is 15.4. The molecule has 1 aromatic carbocycles. The van der Waals surface area contributed by atoms with Crippen molar-refractivity contribution in [3.05, 3.63) is 65.1 Å². The summed E-state index contributed by atoms with van der Waals surface area (Å²) in [5, 5.41) is 9.53. The Labute approximate surface area is 232 Å². The summed E-state index contributed by atoms with van der Waals surface area (Å²) >= 11 is 11.3. The molecule has 5 rings (SSSR count). The molecule has 0 saturated carbocycles. The van der Waals surface area contributed by atoms with Crippen LogP contribution in [0.25, 0.3) is 16.7 Å². The van der Waals surface area contributed by atoms with Crippen molar-refractivity contribution in [2.75, 3.05) is 40.3 Å². The first-order chi connectivity index (χ1) is 18.1. The Morgan fingerprint density at radius 3 is 2.53 bits per heavy atom. The monoisotopic (exact) mass is 595 g/mol. The van der Waals surface area contributed by atoms with E-state index in [1.165, 1.54) is 12.2 Å².